The van der Waals surface area contributed by atoms with Gasteiger partial charge in [0.15, 0.2) is 11.6 Å². The fourth-order valence-corrected chi connectivity index (χ4v) is 3.66. The van der Waals surface area contributed by atoms with Gasteiger partial charge in [0, 0.05) is 24.5 Å². The first kappa shape index (κ1) is 24.5. The SMILES string of the molecule is COc1ccc(Nc2nc(Nc3ccc4c(c3)nc(C(F)(F)F)n4CCCO)ncc2F)cc1Cl. The molecule has 0 spiro atoms. The fourth-order valence-electron chi connectivity index (χ4n) is 3.40. The molecule has 13 heteroatoms. The second-order valence-electron chi connectivity index (χ2n) is 7.35. The summed E-state index contributed by atoms with van der Waals surface area (Å²) in [5.74, 6) is -1.47. The van der Waals surface area contributed by atoms with Crippen molar-refractivity contribution in [2.75, 3.05) is 24.4 Å². The van der Waals surface area contributed by atoms with E-state index >= 15 is 0 Å². The molecular weight excluding hydrogens is 492 g/mol. The molecule has 3 N–H and O–H groups in total. The highest BCUT2D eigenvalue weighted by molar-refractivity contribution is 6.32. The third kappa shape index (κ3) is 5.38. The molecule has 0 unspecified atom stereocenters. The minimum atomic E-state index is -4.66. The molecule has 8 nitrogen and oxygen atoms in total. The fraction of sp³-hybridized carbons (Fsp3) is 0.227. The van der Waals surface area contributed by atoms with Crippen LogP contribution in [0, 0.1) is 5.82 Å². The molecule has 2 heterocycles. The lowest BCUT2D eigenvalue weighted by molar-refractivity contribution is -0.147. The van der Waals surface area contributed by atoms with Crippen molar-refractivity contribution < 1.29 is 27.4 Å². The van der Waals surface area contributed by atoms with Crippen LogP contribution in [0.4, 0.5) is 40.7 Å². The molecule has 0 amide bonds. The molecule has 35 heavy (non-hydrogen) atoms. The summed E-state index contributed by atoms with van der Waals surface area (Å²) in [5.41, 5.74) is 1.15. The van der Waals surface area contributed by atoms with Crippen molar-refractivity contribution in [3.8, 4) is 5.75 Å². The van der Waals surface area contributed by atoms with Gasteiger partial charge in [0.25, 0.3) is 0 Å². The van der Waals surface area contributed by atoms with Gasteiger partial charge in [-0.15, -0.1) is 0 Å². The van der Waals surface area contributed by atoms with Crippen LogP contribution in [0.1, 0.15) is 12.2 Å². The number of alkyl halides is 3. The molecule has 0 aliphatic carbocycles. The number of fused-ring (bicyclic) bond motifs is 1. The van der Waals surface area contributed by atoms with E-state index in [-0.39, 0.29) is 42.4 Å². The van der Waals surface area contributed by atoms with E-state index in [1.54, 1.807) is 12.1 Å². The molecule has 0 aliphatic rings. The Bertz CT molecular complexity index is 1360. The lowest BCUT2D eigenvalue weighted by Crippen LogP contribution is -2.15. The Morgan fingerprint density at radius 1 is 1.09 bits per heavy atom. The van der Waals surface area contributed by atoms with E-state index < -0.39 is 17.8 Å². The Labute approximate surface area is 201 Å². The summed E-state index contributed by atoms with van der Waals surface area (Å²) in [6.07, 6.45) is -3.56. The van der Waals surface area contributed by atoms with Crippen molar-refractivity contribution in [1.82, 2.24) is 19.5 Å². The number of aliphatic hydroxyl groups is 1. The Balaban J connectivity index is 1.60. The lowest BCUT2D eigenvalue weighted by atomic mass is 10.2. The number of nitrogens with zero attached hydrogens (tertiary/aromatic N) is 4. The Morgan fingerprint density at radius 3 is 2.51 bits per heavy atom. The van der Waals surface area contributed by atoms with Crippen LogP contribution in [0.3, 0.4) is 0 Å². The van der Waals surface area contributed by atoms with Gasteiger partial charge < -0.3 is 25.0 Å². The van der Waals surface area contributed by atoms with E-state index in [4.69, 9.17) is 21.4 Å². The van der Waals surface area contributed by atoms with E-state index in [0.29, 0.717) is 22.1 Å². The quantitative estimate of drug-likeness (QED) is 0.269. The molecule has 0 saturated carbocycles. The molecule has 0 aliphatic heterocycles. The van der Waals surface area contributed by atoms with Gasteiger partial charge in [0.1, 0.15) is 5.75 Å². The number of methoxy groups -OCH3 is 1. The molecule has 2 aromatic carbocycles. The summed E-state index contributed by atoms with van der Waals surface area (Å²) in [4.78, 5) is 11.7. The predicted molar refractivity (Wildman–Crippen MR) is 123 cm³/mol. The van der Waals surface area contributed by atoms with Gasteiger partial charge in [-0.3, -0.25) is 0 Å². The number of aryl methyl sites for hydroxylation is 1. The predicted octanol–water partition coefficient (Wildman–Crippen LogP) is 5.52. The van der Waals surface area contributed by atoms with Crippen LogP contribution in [0.15, 0.2) is 42.6 Å². The smallest absolute Gasteiger partial charge is 0.449 e. The highest BCUT2D eigenvalue weighted by Gasteiger charge is 2.37. The monoisotopic (exact) mass is 510 g/mol. The molecule has 4 aromatic rings. The summed E-state index contributed by atoms with van der Waals surface area (Å²) in [6, 6.07) is 9.17. The van der Waals surface area contributed by atoms with Gasteiger partial charge in [-0.05, 0) is 42.8 Å². The number of aromatic nitrogens is 4. The number of nitrogens with one attached hydrogen (secondary N) is 2. The largest absolute Gasteiger partial charge is 0.495 e. The Morgan fingerprint density at radius 2 is 1.83 bits per heavy atom. The molecule has 0 atom stereocenters. The van der Waals surface area contributed by atoms with E-state index in [1.807, 2.05) is 0 Å². The molecule has 0 radical (unpaired) electrons. The van der Waals surface area contributed by atoms with Crippen LogP contribution in [0.25, 0.3) is 11.0 Å². The molecular formula is C22H19ClF4N6O2. The number of hydrogen-bond donors (Lipinski definition) is 3. The molecule has 0 bridgehead atoms. The van der Waals surface area contributed by atoms with Gasteiger partial charge in [-0.2, -0.15) is 18.2 Å². The third-order valence-corrected chi connectivity index (χ3v) is 5.25. The first-order chi connectivity index (χ1) is 16.7. The zero-order valence-electron chi connectivity index (χ0n) is 18.2. The minimum absolute atomic E-state index is 0.00335. The van der Waals surface area contributed by atoms with Gasteiger partial charge >= 0.3 is 6.18 Å². The van der Waals surface area contributed by atoms with Crippen molar-refractivity contribution in [2.45, 2.75) is 19.1 Å². The van der Waals surface area contributed by atoms with Crippen LogP contribution >= 0.6 is 11.6 Å². The second-order valence-corrected chi connectivity index (χ2v) is 7.76. The maximum absolute atomic E-state index is 14.3. The summed E-state index contributed by atoms with van der Waals surface area (Å²) in [5, 5.41) is 15.0. The van der Waals surface area contributed by atoms with Crippen molar-refractivity contribution in [3.05, 3.63) is 59.3 Å². The average molecular weight is 511 g/mol. The zero-order valence-corrected chi connectivity index (χ0v) is 19.0. The van der Waals surface area contributed by atoms with Crippen LogP contribution < -0.4 is 15.4 Å². The number of halogens is 5. The van der Waals surface area contributed by atoms with Gasteiger partial charge in [-0.25, -0.2) is 14.4 Å². The van der Waals surface area contributed by atoms with Gasteiger partial charge in [-0.1, -0.05) is 11.6 Å². The van der Waals surface area contributed by atoms with Crippen molar-refractivity contribution in [1.29, 1.82) is 0 Å². The highest BCUT2D eigenvalue weighted by atomic mass is 35.5. The second kappa shape index (κ2) is 9.92. The van der Waals surface area contributed by atoms with E-state index in [2.05, 4.69) is 25.6 Å². The van der Waals surface area contributed by atoms with E-state index in [9.17, 15) is 17.6 Å². The summed E-state index contributed by atoms with van der Waals surface area (Å²) < 4.78 is 60.8. The van der Waals surface area contributed by atoms with E-state index in [1.165, 1.54) is 31.4 Å². The number of aliphatic hydroxyl groups excluding tert-OH is 1. The number of anilines is 4. The standard InChI is InChI=1S/C22H19ClF4N6O2/c1-35-18-6-4-12(9-14(18)23)29-19-15(24)11-28-21(32-19)30-13-3-5-17-16(10-13)31-20(22(25,26)27)33(17)7-2-8-34/h3-6,9-11,34H,2,7-8H2,1H3,(H2,28,29,30,32). The Hall–Kier alpha value is -3.64. The summed E-state index contributed by atoms with van der Waals surface area (Å²) in [7, 11) is 1.47. The minimum Gasteiger partial charge on any atom is -0.495 e. The summed E-state index contributed by atoms with van der Waals surface area (Å²) in [6.45, 7) is -0.294. The van der Waals surface area contributed by atoms with Crippen LogP contribution in [0.2, 0.25) is 5.02 Å². The number of ether oxygens (including phenoxy) is 1. The van der Waals surface area contributed by atoms with Crippen LogP contribution in [0.5, 0.6) is 5.75 Å². The summed E-state index contributed by atoms with van der Waals surface area (Å²) >= 11 is 6.10. The average Bonchev–Trinajstić information content (AvgIpc) is 3.18. The lowest BCUT2D eigenvalue weighted by Gasteiger charge is -2.11. The zero-order chi connectivity index (χ0) is 25.2. The third-order valence-electron chi connectivity index (χ3n) is 4.96. The van der Waals surface area contributed by atoms with Gasteiger partial charge in [0.05, 0.1) is 29.4 Å². The molecule has 0 fully saturated rings. The maximum atomic E-state index is 14.3. The van der Waals surface area contributed by atoms with Gasteiger partial charge in [0.2, 0.25) is 11.8 Å². The molecule has 0 saturated heterocycles. The van der Waals surface area contributed by atoms with Crippen molar-refractivity contribution >= 4 is 45.8 Å². The maximum Gasteiger partial charge on any atom is 0.449 e. The molecule has 2 aromatic heterocycles. The number of imidazole rings is 1. The first-order valence-electron chi connectivity index (χ1n) is 10.3. The van der Waals surface area contributed by atoms with Crippen molar-refractivity contribution in [3.63, 3.8) is 0 Å². The Kier molecular flexibility index (Phi) is 6.94. The molecule has 4 rings (SSSR count). The number of rotatable bonds is 8. The first-order valence-corrected chi connectivity index (χ1v) is 10.7. The molecule has 184 valence electrons. The normalized spacial score (nSPS) is 11.6. The number of benzene rings is 2. The van der Waals surface area contributed by atoms with E-state index in [0.717, 1.165) is 10.8 Å². The van der Waals surface area contributed by atoms with Crippen LogP contribution in [-0.4, -0.2) is 38.3 Å². The van der Waals surface area contributed by atoms with Crippen LogP contribution in [-0.2, 0) is 12.7 Å². The number of hydrogen-bond acceptors (Lipinski definition) is 7. The highest BCUT2D eigenvalue weighted by Crippen LogP contribution is 2.33. The van der Waals surface area contributed by atoms with Crippen molar-refractivity contribution in [2.24, 2.45) is 0 Å². The topological polar surface area (TPSA) is 97.1 Å².